The fourth-order valence-corrected chi connectivity index (χ4v) is 3.13. The average molecular weight is 239 g/mol. The van der Waals surface area contributed by atoms with Crippen LogP contribution in [0.25, 0.3) is 0 Å². The van der Waals surface area contributed by atoms with Gasteiger partial charge in [-0.05, 0) is 57.3 Å². The van der Waals surface area contributed by atoms with E-state index in [-0.39, 0.29) is 5.60 Å². The maximum Gasteiger partial charge on any atom is 0.0806 e. The second-order valence-electron chi connectivity index (χ2n) is 6.35. The summed E-state index contributed by atoms with van der Waals surface area (Å²) in [5, 5.41) is 3.67. The molecule has 2 fully saturated rings. The van der Waals surface area contributed by atoms with Gasteiger partial charge < -0.3 is 10.1 Å². The van der Waals surface area contributed by atoms with Crippen LogP contribution in [0.4, 0.5) is 0 Å². The topological polar surface area (TPSA) is 21.3 Å². The third kappa shape index (κ3) is 3.69. The molecule has 2 aliphatic carbocycles. The second kappa shape index (κ2) is 5.71. The molecule has 0 heterocycles. The highest BCUT2D eigenvalue weighted by molar-refractivity contribution is 4.93. The minimum atomic E-state index is 0.155. The van der Waals surface area contributed by atoms with Crippen LogP contribution in [0.15, 0.2) is 0 Å². The third-order valence-corrected chi connectivity index (χ3v) is 4.63. The van der Waals surface area contributed by atoms with Gasteiger partial charge in [-0.15, -0.1) is 0 Å². The normalized spacial score (nSPS) is 34.2. The molecule has 0 radical (unpaired) electrons. The Morgan fingerprint density at radius 1 is 1.18 bits per heavy atom. The number of hydrogen-bond donors (Lipinski definition) is 1. The van der Waals surface area contributed by atoms with Crippen LogP contribution >= 0.6 is 0 Å². The van der Waals surface area contributed by atoms with Crippen LogP contribution in [-0.2, 0) is 4.74 Å². The first-order valence-electron chi connectivity index (χ1n) is 7.52. The van der Waals surface area contributed by atoms with Gasteiger partial charge in [0.15, 0.2) is 0 Å². The van der Waals surface area contributed by atoms with E-state index in [1.165, 1.54) is 38.5 Å². The van der Waals surface area contributed by atoms with Gasteiger partial charge in [-0.1, -0.05) is 13.8 Å². The van der Waals surface area contributed by atoms with Crippen molar-refractivity contribution in [3.63, 3.8) is 0 Å². The van der Waals surface area contributed by atoms with E-state index in [0.717, 1.165) is 31.0 Å². The molecule has 0 aromatic carbocycles. The molecule has 2 heteroatoms. The summed E-state index contributed by atoms with van der Waals surface area (Å²) in [6, 6.07) is 0.801. The van der Waals surface area contributed by atoms with Gasteiger partial charge in [0.05, 0.1) is 5.60 Å². The maximum atomic E-state index is 6.11. The van der Waals surface area contributed by atoms with Crippen LogP contribution in [0.1, 0.15) is 59.3 Å². The van der Waals surface area contributed by atoms with Crippen molar-refractivity contribution in [1.29, 1.82) is 0 Å². The molecule has 0 aromatic heterocycles. The predicted octanol–water partition coefficient (Wildman–Crippen LogP) is 3.36. The molecular formula is C15H29NO. The summed E-state index contributed by atoms with van der Waals surface area (Å²) in [7, 11) is 0. The highest BCUT2D eigenvalue weighted by Crippen LogP contribution is 2.38. The van der Waals surface area contributed by atoms with E-state index in [9.17, 15) is 0 Å². The Kier molecular flexibility index (Phi) is 4.48. The first kappa shape index (κ1) is 13.4. The molecule has 0 aliphatic heterocycles. The lowest BCUT2D eigenvalue weighted by atomic mass is 9.74. The number of ether oxygens (including phenoxy) is 1. The standard InChI is InChI=1S/C15H29NO/c1-4-17-15(11-16-14-5-6-14)9-7-13(8-10-15)12(2)3/h12-14,16H,4-11H2,1-3H3. The van der Waals surface area contributed by atoms with Crippen LogP contribution in [0.3, 0.4) is 0 Å². The molecule has 0 saturated heterocycles. The maximum absolute atomic E-state index is 6.11. The highest BCUT2D eigenvalue weighted by Gasteiger charge is 2.37. The number of rotatable bonds is 6. The molecule has 0 bridgehead atoms. The van der Waals surface area contributed by atoms with Gasteiger partial charge in [0.25, 0.3) is 0 Å². The molecule has 0 atom stereocenters. The molecule has 0 spiro atoms. The van der Waals surface area contributed by atoms with E-state index >= 15 is 0 Å². The molecule has 1 N–H and O–H groups in total. The summed E-state index contributed by atoms with van der Waals surface area (Å²) in [6.07, 6.45) is 7.95. The zero-order valence-electron chi connectivity index (χ0n) is 11.8. The molecule has 0 aromatic rings. The summed E-state index contributed by atoms with van der Waals surface area (Å²) in [5.74, 6) is 1.76. The lowest BCUT2D eigenvalue weighted by molar-refractivity contribution is -0.0745. The predicted molar refractivity (Wildman–Crippen MR) is 72.2 cm³/mol. The van der Waals surface area contributed by atoms with Gasteiger partial charge in [-0.2, -0.15) is 0 Å². The minimum Gasteiger partial charge on any atom is -0.374 e. The van der Waals surface area contributed by atoms with Crippen LogP contribution in [0, 0.1) is 11.8 Å². The Labute approximate surface area is 107 Å². The largest absolute Gasteiger partial charge is 0.374 e. The summed E-state index contributed by atoms with van der Waals surface area (Å²) >= 11 is 0. The fraction of sp³-hybridized carbons (Fsp3) is 1.00. The monoisotopic (exact) mass is 239 g/mol. The molecule has 100 valence electrons. The first-order valence-corrected chi connectivity index (χ1v) is 7.52. The van der Waals surface area contributed by atoms with Crippen LogP contribution in [0.2, 0.25) is 0 Å². The van der Waals surface area contributed by atoms with Gasteiger partial charge in [-0.25, -0.2) is 0 Å². The Balaban J connectivity index is 1.84. The van der Waals surface area contributed by atoms with E-state index in [1.54, 1.807) is 0 Å². The minimum absolute atomic E-state index is 0.155. The van der Waals surface area contributed by atoms with Crippen LogP contribution in [0.5, 0.6) is 0 Å². The smallest absolute Gasteiger partial charge is 0.0806 e. The lowest BCUT2D eigenvalue weighted by Crippen LogP contribution is -2.47. The Bertz CT molecular complexity index is 227. The van der Waals surface area contributed by atoms with E-state index in [4.69, 9.17) is 4.74 Å². The zero-order chi connectivity index (χ0) is 12.3. The average Bonchev–Trinajstić information content (AvgIpc) is 3.11. The third-order valence-electron chi connectivity index (χ3n) is 4.63. The molecule has 2 aliphatic rings. The van der Waals surface area contributed by atoms with Crippen molar-refractivity contribution in [1.82, 2.24) is 5.32 Å². The number of nitrogens with one attached hydrogen (secondary N) is 1. The van der Waals surface area contributed by atoms with E-state index in [0.29, 0.717) is 0 Å². The molecule has 0 unspecified atom stereocenters. The lowest BCUT2D eigenvalue weighted by Gasteiger charge is -2.41. The van der Waals surface area contributed by atoms with Crippen molar-refractivity contribution in [3.05, 3.63) is 0 Å². The molecule has 2 nitrogen and oxygen atoms in total. The molecule has 2 saturated carbocycles. The van der Waals surface area contributed by atoms with Gasteiger partial charge in [0, 0.05) is 19.2 Å². The fourth-order valence-electron chi connectivity index (χ4n) is 3.13. The summed E-state index contributed by atoms with van der Waals surface area (Å²) in [5.41, 5.74) is 0.155. The van der Waals surface area contributed by atoms with E-state index < -0.39 is 0 Å². The van der Waals surface area contributed by atoms with Crippen molar-refractivity contribution in [2.45, 2.75) is 70.9 Å². The Morgan fingerprint density at radius 2 is 1.82 bits per heavy atom. The van der Waals surface area contributed by atoms with E-state index in [2.05, 4.69) is 26.1 Å². The van der Waals surface area contributed by atoms with Gasteiger partial charge >= 0.3 is 0 Å². The van der Waals surface area contributed by atoms with E-state index in [1.807, 2.05) is 0 Å². The molecule has 0 amide bonds. The summed E-state index contributed by atoms with van der Waals surface area (Å²) in [6.45, 7) is 8.80. The summed E-state index contributed by atoms with van der Waals surface area (Å²) in [4.78, 5) is 0. The highest BCUT2D eigenvalue weighted by atomic mass is 16.5. The molecule has 2 rings (SSSR count). The SMILES string of the molecule is CCOC1(CNC2CC2)CCC(C(C)C)CC1. The van der Waals surface area contributed by atoms with Crippen molar-refractivity contribution >= 4 is 0 Å². The van der Waals surface area contributed by atoms with Crippen molar-refractivity contribution < 1.29 is 4.74 Å². The summed E-state index contributed by atoms with van der Waals surface area (Å²) < 4.78 is 6.11. The molecular weight excluding hydrogens is 210 g/mol. The molecule has 17 heavy (non-hydrogen) atoms. The quantitative estimate of drug-likeness (QED) is 0.767. The van der Waals surface area contributed by atoms with Gasteiger partial charge in [0.1, 0.15) is 0 Å². The first-order chi connectivity index (χ1) is 8.15. The van der Waals surface area contributed by atoms with Crippen molar-refractivity contribution in [2.75, 3.05) is 13.2 Å². The van der Waals surface area contributed by atoms with Gasteiger partial charge in [0.2, 0.25) is 0 Å². The van der Waals surface area contributed by atoms with Crippen LogP contribution < -0.4 is 5.32 Å². The Morgan fingerprint density at radius 3 is 2.29 bits per heavy atom. The Hall–Kier alpha value is -0.0800. The van der Waals surface area contributed by atoms with Crippen molar-refractivity contribution in [3.8, 4) is 0 Å². The zero-order valence-corrected chi connectivity index (χ0v) is 11.8. The van der Waals surface area contributed by atoms with Crippen molar-refractivity contribution in [2.24, 2.45) is 11.8 Å². The van der Waals surface area contributed by atoms with Gasteiger partial charge in [-0.3, -0.25) is 0 Å². The number of hydrogen-bond acceptors (Lipinski definition) is 2. The van der Waals surface area contributed by atoms with Crippen LogP contribution in [-0.4, -0.2) is 24.8 Å². The second-order valence-corrected chi connectivity index (χ2v) is 6.35.